The fraction of sp³-hybridized carbons (Fsp3) is 0.692. The van der Waals surface area contributed by atoms with E-state index < -0.39 is 5.97 Å². The third-order valence-electron chi connectivity index (χ3n) is 3.34. The molecule has 2 unspecified atom stereocenters. The lowest BCUT2D eigenvalue weighted by Gasteiger charge is -2.36. The van der Waals surface area contributed by atoms with Crippen LogP contribution in [0.25, 0.3) is 0 Å². The van der Waals surface area contributed by atoms with Gasteiger partial charge in [0.1, 0.15) is 11.6 Å². The number of hydrogen-bond donors (Lipinski definition) is 0. The summed E-state index contributed by atoms with van der Waals surface area (Å²) in [6.45, 7) is 7.08. The lowest BCUT2D eigenvalue weighted by atomic mass is 9.86. The van der Waals surface area contributed by atoms with E-state index in [1.165, 1.54) is 0 Å². The monoisotopic (exact) mass is 236 g/mol. The van der Waals surface area contributed by atoms with E-state index in [1.54, 1.807) is 6.92 Å². The lowest BCUT2D eigenvalue weighted by molar-refractivity contribution is -0.138. The Morgan fingerprint density at radius 3 is 2.76 bits per heavy atom. The van der Waals surface area contributed by atoms with Crippen LogP contribution in [0.3, 0.4) is 0 Å². The van der Waals surface area contributed by atoms with Crippen molar-refractivity contribution in [1.82, 2.24) is 4.90 Å². The molecule has 1 aliphatic heterocycles. The summed E-state index contributed by atoms with van der Waals surface area (Å²) in [7, 11) is 2.06. The van der Waals surface area contributed by atoms with E-state index in [0.717, 1.165) is 18.5 Å². The molecule has 0 aromatic heterocycles. The molecule has 0 radical (unpaired) electrons. The topological polar surface area (TPSA) is 53.3 Å². The molecule has 94 valence electrons. The fourth-order valence-electron chi connectivity index (χ4n) is 2.20. The first-order valence-corrected chi connectivity index (χ1v) is 6.01. The van der Waals surface area contributed by atoms with Crippen LogP contribution in [-0.4, -0.2) is 37.1 Å². The summed E-state index contributed by atoms with van der Waals surface area (Å²) in [5.74, 6) is -0.246. The Morgan fingerprint density at radius 1 is 1.59 bits per heavy atom. The van der Waals surface area contributed by atoms with Gasteiger partial charge in [0, 0.05) is 12.6 Å². The zero-order valence-corrected chi connectivity index (χ0v) is 11.0. The number of ether oxygens (including phenoxy) is 1. The first-order valence-electron chi connectivity index (χ1n) is 6.01. The summed E-state index contributed by atoms with van der Waals surface area (Å²) in [5.41, 5.74) is 1.15. The molecule has 0 spiro atoms. The van der Waals surface area contributed by atoms with Crippen molar-refractivity contribution in [3.05, 3.63) is 11.1 Å². The van der Waals surface area contributed by atoms with Crippen LogP contribution in [0.1, 0.15) is 27.2 Å². The van der Waals surface area contributed by atoms with E-state index in [0.29, 0.717) is 12.6 Å². The minimum Gasteiger partial charge on any atom is -0.462 e. The number of rotatable bonds is 2. The van der Waals surface area contributed by atoms with Crippen LogP contribution in [0.5, 0.6) is 0 Å². The van der Waals surface area contributed by atoms with E-state index in [-0.39, 0.29) is 11.5 Å². The minimum atomic E-state index is -0.478. The molecule has 0 aliphatic carbocycles. The third kappa shape index (κ3) is 3.07. The van der Waals surface area contributed by atoms with E-state index in [1.807, 2.05) is 13.0 Å². The van der Waals surface area contributed by atoms with E-state index in [2.05, 4.69) is 18.9 Å². The number of piperidine rings is 1. The zero-order valence-electron chi connectivity index (χ0n) is 11.0. The minimum absolute atomic E-state index is 0.208. The lowest BCUT2D eigenvalue weighted by Crippen LogP contribution is -2.40. The Hall–Kier alpha value is -1.34. The van der Waals surface area contributed by atoms with Gasteiger partial charge in [0.05, 0.1) is 6.61 Å². The maximum Gasteiger partial charge on any atom is 0.348 e. The first-order chi connectivity index (χ1) is 8.01. The normalized spacial score (nSPS) is 28.4. The highest BCUT2D eigenvalue weighted by Crippen LogP contribution is 2.28. The molecule has 17 heavy (non-hydrogen) atoms. The van der Waals surface area contributed by atoms with Crippen molar-refractivity contribution in [2.24, 2.45) is 5.92 Å². The van der Waals surface area contributed by atoms with Crippen LogP contribution >= 0.6 is 0 Å². The first kappa shape index (κ1) is 13.7. The molecule has 0 saturated carbocycles. The predicted octanol–water partition coefficient (Wildman–Crippen LogP) is 1.73. The summed E-state index contributed by atoms with van der Waals surface area (Å²) in [4.78, 5) is 13.9. The van der Waals surface area contributed by atoms with Crippen molar-refractivity contribution in [2.75, 3.05) is 20.2 Å². The Balaban J connectivity index is 3.00. The van der Waals surface area contributed by atoms with Crippen LogP contribution in [0.4, 0.5) is 0 Å². The molecular weight excluding hydrogens is 216 g/mol. The number of carbonyl (C=O) groups excluding carboxylic acids is 1. The van der Waals surface area contributed by atoms with Crippen molar-refractivity contribution in [2.45, 2.75) is 33.2 Å². The molecule has 1 aliphatic rings. The summed E-state index contributed by atoms with van der Waals surface area (Å²) in [6.07, 6.45) is 0.763. The Bertz CT molecular complexity index is 368. The number of carbonyl (C=O) groups is 1. The maximum atomic E-state index is 11.7. The Labute approximate surface area is 103 Å². The fourth-order valence-corrected chi connectivity index (χ4v) is 2.20. The van der Waals surface area contributed by atoms with Crippen LogP contribution in [0, 0.1) is 17.2 Å². The number of hydrogen-bond acceptors (Lipinski definition) is 4. The maximum absolute atomic E-state index is 11.7. The molecule has 1 fully saturated rings. The van der Waals surface area contributed by atoms with Crippen LogP contribution < -0.4 is 0 Å². The molecule has 0 aromatic rings. The molecule has 0 amide bonds. The molecular formula is C13H20N2O2. The summed E-state index contributed by atoms with van der Waals surface area (Å²) in [5, 5.41) is 9.12. The van der Waals surface area contributed by atoms with Gasteiger partial charge < -0.3 is 9.64 Å². The van der Waals surface area contributed by atoms with Crippen molar-refractivity contribution in [3.63, 3.8) is 0 Å². The zero-order chi connectivity index (χ0) is 13.0. The number of esters is 1. The number of nitriles is 1. The number of likely N-dealkylation sites (tertiary alicyclic amines) is 1. The highest BCUT2D eigenvalue weighted by atomic mass is 16.5. The van der Waals surface area contributed by atoms with Crippen LogP contribution in [-0.2, 0) is 9.53 Å². The standard InChI is InChI=1S/C13H20N2O2/c1-5-17-13(16)12(7-14)11-6-10(3)15(4)8-9(11)2/h9-10H,5-6,8H2,1-4H3. The summed E-state index contributed by atoms with van der Waals surface area (Å²) >= 11 is 0. The molecule has 1 heterocycles. The van der Waals surface area contributed by atoms with Gasteiger partial charge in [-0.15, -0.1) is 0 Å². The second-order valence-electron chi connectivity index (χ2n) is 4.63. The smallest absolute Gasteiger partial charge is 0.348 e. The largest absolute Gasteiger partial charge is 0.462 e. The van der Waals surface area contributed by atoms with Gasteiger partial charge >= 0.3 is 5.97 Å². The van der Waals surface area contributed by atoms with E-state index in [9.17, 15) is 4.79 Å². The molecule has 1 saturated heterocycles. The second kappa shape index (κ2) is 5.83. The number of nitrogens with zero attached hydrogens (tertiary/aromatic N) is 2. The van der Waals surface area contributed by atoms with Crippen LogP contribution in [0.15, 0.2) is 11.1 Å². The second-order valence-corrected chi connectivity index (χ2v) is 4.63. The van der Waals surface area contributed by atoms with Crippen LogP contribution in [0.2, 0.25) is 0 Å². The molecule has 2 atom stereocenters. The third-order valence-corrected chi connectivity index (χ3v) is 3.34. The van der Waals surface area contributed by atoms with Crippen molar-refractivity contribution < 1.29 is 9.53 Å². The van der Waals surface area contributed by atoms with Gasteiger partial charge in [-0.3, -0.25) is 0 Å². The SMILES string of the molecule is CCOC(=O)C(C#N)=C1CC(C)N(C)CC1C. The van der Waals surface area contributed by atoms with Gasteiger partial charge in [0.2, 0.25) is 0 Å². The van der Waals surface area contributed by atoms with E-state index in [4.69, 9.17) is 10.00 Å². The predicted molar refractivity (Wildman–Crippen MR) is 65.1 cm³/mol. The Kier molecular flexibility index (Phi) is 4.71. The Morgan fingerprint density at radius 2 is 2.24 bits per heavy atom. The van der Waals surface area contributed by atoms with Gasteiger partial charge in [0.15, 0.2) is 0 Å². The highest BCUT2D eigenvalue weighted by molar-refractivity contribution is 5.93. The summed E-state index contributed by atoms with van der Waals surface area (Å²) in [6, 6.07) is 2.37. The average Bonchev–Trinajstić information content (AvgIpc) is 2.26. The average molecular weight is 236 g/mol. The molecule has 0 bridgehead atoms. The van der Waals surface area contributed by atoms with E-state index >= 15 is 0 Å². The van der Waals surface area contributed by atoms with Gasteiger partial charge in [0.25, 0.3) is 0 Å². The van der Waals surface area contributed by atoms with Gasteiger partial charge in [-0.2, -0.15) is 5.26 Å². The molecule has 0 aromatic carbocycles. The van der Waals surface area contributed by atoms with Crippen molar-refractivity contribution in [1.29, 1.82) is 5.26 Å². The van der Waals surface area contributed by atoms with Gasteiger partial charge in [-0.25, -0.2) is 4.79 Å². The molecule has 0 N–H and O–H groups in total. The van der Waals surface area contributed by atoms with Crippen molar-refractivity contribution >= 4 is 5.97 Å². The molecule has 4 heteroatoms. The van der Waals surface area contributed by atoms with Crippen molar-refractivity contribution in [3.8, 4) is 6.07 Å². The van der Waals surface area contributed by atoms with Gasteiger partial charge in [-0.05, 0) is 38.8 Å². The molecule has 1 rings (SSSR count). The van der Waals surface area contributed by atoms with Gasteiger partial charge in [-0.1, -0.05) is 6.92 Å². The molecule has 4 nitrogen and oxygen atoms in total. The summed E-state index contributed by atoms with van der Waals surface area (Å²) < 4.78 is 4.93. The quantitative estimate of drug-likeness (QED) is 0.416. The highest BCUT2D eigenvalue weighted by Gasteiger charge is 2.29.